The predicted molar refractivity (Wildman–Crippen MR) is 71.5 cm³/mol. The summed E-state index contributed by atoms with van der Waals surface area (Å²) in [5.74, 6) is 3.78. The van der Waals surface area contributed by atoms with Crippen LogP contribution < -0.4 is 10.6 Å². The van der Waals surface area contributed by atoms with Crippen molar-refractivity contribution in [2.24, 2.45) is 0 Å². The monoisotopic (exact) mass is 249 g/mol. The molecule has 2 aromatic heterocycles. The molecule has 0 saturated carbocycles. The van der Waals surface area contributed by atoms with Gasteiger partial charge < -0.3 is 15.0 Å². The maximum Gasteiger partial charge on any atom is 0.180 e. The fraction of sp³-hybridized carbons (Fsp3) is 0.455. The van der Waals surface area contributed by atoms with Crippen molar-refractivity contribution in [3.63, 3.8) is 0 Å². The highest BCUT2D eigenvalue weighted by Crippen LogP contribution is 2.27. The number of thioether (sulfide) groups is 1. The van der Waals surface area contributed by atoms with Gasteiger partial charge in [-0.3, -0.25) is 0 Å². The summed E-state index contributed by atoms with van der Waals surface area (Å²) < 4.78 is 1.93. The van der Waals surface area contributed by atoms with Crippen LogP contribution in [0.25, 0.3) is 5.65 Å². The standard InChI is InChI=1S/C11H15N5S/c1-15(8-2-5-17-7-8)11-10-13-3-4-16(10)6-9(12)14-11/h3-4,6,8H,2,5,7,12H2,1H3. The normalized spacial score (nSPS) is 19.9. The van der Waals surface area contributed by atoms with E-state index in [1.807, 2.05) is 22.4 Å². The van der Waals surface area contributed by atoms with E-state index >= 15 is 0 Å². The lowest BCUT2D eigenvalue weighted by molar-refractivity contribution is 0.692. The smallest absolute Gasteiger partial charge is 0.180 e. The van der Waals surface area contributed by atoms with Gasteiger partial charge in [-0.2, -0.15) is 11.8 Å². The van der Waals surface area contributed by atoms with Gasteiger partial charge in [-0.05, 0) is 12.2 Å². The number of fused-ring (bicyclic) bond motifs is 1. The van der Waals surface area contributed by atoms with Crippen LogP contribution in [0, 0.1) is 0 Å². The molecule has 0 radical (unpaired) electrons. The number of anilines is 2. The van der Waals surface area contributed by atoms with Crippen molar-refractivity contribution in [2.45, 2.75) is 12.5 Å². The summed E-state index contributed by atoms with van der Waals surface area (Å²) in [4.78, 5) is 11.0. The quantitative estimate of drug-likeness (QED) is 0.868. The minimum absolute atomic E-state index is 0.531. The predicted octanol–water partition coefficient (Wildman–Crippen LogP) is 1.25. The average Bonchev–Trinajstić information content (AvgIpc) is 2.97. The van der Waals surface area contributed by atoms with E-state index in [0.717, 1.165) is 17.2 Å². The minimum Gasteiger partial charge on any atom is -0.382 e. The molecule has 2 N–H and O–H groups in total. The van der Waals surface area contributed by atoms with E-state index in [2.05, 4.69) is 21.9 Å². The summed E-state index contributed by atoms with van der Waals surface area (Å²) in [6, 6.07) is 0.537. The minimum atomic E-state index is 0.531. The van der Waals surface area contributed by atoms with Crippen LogP contribution in [0.1, 0.15) is 6.42 Å². The molecule has 0 aliphatic carbocycles. The molecule has 1 fully saturated rings. The Morgan fingerprint density at radius 2 is 2.47 bits per heavy atom. The second kappa shape index (κ2) is 4.10. The lowest BCUT2D eigenvalue weighted by atomic mass is 10.2. The van der Waals surface area contributed by atoms with Gasteiger partial charge in [0.1, 0.15) is 5.82 Å². The van der Waals surface area contributed by atoms with Crippen molar-refractivity contribution in [3.05, 3.63) is 18.6 Å². The van der Waals surface area contributed by atoms with Crippen LogP contribution in [0.4, 0.5) is 11.6 Å². The molecule has 90 valence electrons. The van der Waals surface area contributed by atoms with Crippen molar-refractivity contribution in [1.82, 2.24) is 14.4 Å². The third kappa shape index (κ3) is 1.82. The number of rotatable bonds is 2. The zero-order chi connectivity index (χ0) is 11.8. The Kier molecular flexibility index (Phi) is 2.58. The van der Waals surface area contributed by atoms with Crippen LogP contribution in [0.2, 0.25) is 0 Å². The largest absolute Gasteiger partial charge is 0.382 e. The first kappa shape index (κ1) is 10.7. The van der Waals surface area contributed by atoms with Crippen LogP contribution in [-0.2, 0) is 0 Å². The molecule has 0 amide bonds. The van der Waals surface area contributed by atoms with Gasteiger partial charge in [0.25, 0.3) is 0 Å². The molecule has 17 heavy (non-hydrogen) atoms. The lowest BCUT2D eigenvalue weighted by Crippen LogP contribution is -2.32. The number of hydrogen-bond donors (Lipinski definition) is 1. The highest BCUT2D eigenvalue weighted by molar-refractivity contribution is 7.99. The summed E-state index contributed by atoms with van der Waals surface area (Å²) in [5, 5.41) is 0. The van der Waals surface area contributed by atoms with Gasteiger partial charge in [0.2, 0.25) is 0 Å². The molecule has 0 bridgehead atoms. The third-order valence-electron chi connectivity index (χ3n) is 3.16. The highest BCUT2D eigenvalue weighted by atomic mass is 32.2. The maximum absolute atomic E-state index is 5.83. The van der Waals surface area contributed by atoms with Crippen molar-refractivity contribution < 1.29 is 0 Å². The van der Waals surface area contributed by atoms with Crippen LogP contribution in [-0.4, -0.2) is 39.0 Å². The summed E-state index contributed by atoms with van der Waals surface area (Å²) >= 11 is 1.99. The first-order chi connectivity index (χ1) is 8.25. The molecular weight excluding hydrogens is 234 g/mol. The van der Waals surface area contributed by atoms with E-state index in [9.17, 15) is 0 Å². The van der Waals surface area contributed by atoms with Gasteiger partial charge in [-0.25, -0.2) is 9.97 Å². The maximum atomic E-state index is 5.83. The van der Waals surface area contributed by atoms with Gasteiger partial charge in [-0.1, -0.05) is 0 Å². The van der Waals surface area contributed by atoms with Crippen LogP contribution in [0.5, 0.6) is 0 Å². The summed E-state index contributed by atoms with van der Waals surface area (Å²) in [7, 11) is 2.08. The Morgan fingerprint density at radius 1 is 1.59 bits per heavy atom. The van der Waals surface area contributed by atoms with Crippen molar-refractivity contribution >= 4 is 29.0 Å². The van der Waals surface area contributed by atoms with E-state index in [1.54, 1.807) is 12.4 Å². The second-order valence-electron chi connectivity index (χ2n) is 4.28. The fourth-order valence-corrected chi connectivity index (χ4v) is 3.44. The SMILES string of the molecule is CN(c1nc(N)cn2ccnc12)C1CCSC1. The first-order valence-electron chi connectivity index (χ1n) is 5.65. The van der Waals surface area contributed by atoms with Gasteiger partial charge in [0, 0.05) is 31.2 Å². The Balaban J connectivity index is 2.05. The van der Waals surface area contributed by atoms with Crippen LogP contribution in [0.3, 0.4) is 0 Å². The van der Waals surface area contributed by atoms with Gasteiger partial charge in [-0.15, -0.1) is 0 Å². The molecular formula is C11H15N5S. The first-order valence-corrected chi connectivity index (χ1v) is 6.81. The summed E-state index contributed by atoms with van der Waals surface area (Å²) in [6.45, 7) is 0. The molecule has 1 saturated heterocycles. The molecule has 6 heteroatoms. The van der Waals surface area contributed by atoms with E-state index < -0.39 is 0 Å². The second-order valence-corrected chi connectivity index (χ2v) is 5.43. The number of aromatic nitrogens is 3. The number of hydrogen-bond acceptors (Lipinski definition) is 5. The summed E-state index contributed by atoms with van der Waals surface area (Å²) in [5.41, 5.74) is 6.70. The lowest BCUT2D eigenvalue weighted by Gasteiger charge is -2.25. The van der Waals surface area contributed by atoms with E-state index in [1.165, 1.54) is 12.2 Å². The molecule has 1 aliphatic heterocycles. The van der Waals surface area contributed by atoms with Crippen molar-refractivity contribution in [2.75, 3.05) is 29.2 Å². The van der Waals surface area contributed by atoms with Crippen LogP contribution in [0.15, 0.2) is 18.6 Å². The molecule has 3 rings (SSSR count). The molecule has 0 spiro atoms. The zero-order valence-corrected chi connectivity index (χ0v) is 10.5. The van der Waals surface area contributed by atoms with Gasteiger partial charge in [0.05, 0.1) is 6.20 Å². The van der Waals surface area contributed by atoms with Gasteiger partial charge in [0.15, 0.2) is 11.5 Å². The van der Waals surface area contributed by atoms with E-state index in [4.69, 9.17) is 5.73 Å². The Hall–Kier alpha value is -1.43. The number of nitrogens with two attached hydrogens (primary N) is 1. The summed E-state index contributed by atoms with van der Waals surface area (Å²) in [6.07, 6.45) is 6.67. The fourth-order valence-electron chi connectivity index (χ4n) is 2.17. The van der Waals surface area contributed by atoms with Gasteiger partial charge >= 0.3 is 0 Å². The van der Waals surface area contributed by atoms with E-state index in [0.29, 0.717) is 11.9 Å². The molecule has 1 aliphatic rings. The molecule has 0 aromatic carbocycles. The number of nitrogen functional groups attached to an aromatic ring is 1. The number of imidazole rings is 1. The van der Waals surface area contributed by atoms with Crippen LogP contribution >= 0.6 is 11.8 Å². The topological polar surface area (TPSA) is 59.5 Å². The van der Waals surface area contributed by atoms with Crippen molar-refractivity contribution in [1.29, 1.82) is 0 Å². The molecule has 1 atom stereocenters. The molecule has 5 nitrogen and oxygen atoms in total. The third-order valence-corrected chi connectivity index (χ3v) is 4.31. The Morgan fingerprint density at radius 3 is 3.24 bits per heavy atom. The molecule has 2 aromatic rings. The van der Waals surface area contributed by atoms with E-state index in [-0.39, 0.29) is 0 Å². The molecule has 1 unspecified atom stereocenters. The molecule has 3 heterocycles. The van der Waals surface area contributed by atoms with Crippen molar-refractivity contribution in [3.8, 4) is 0 Å². The Labute approximate surface area is 104 Å². The zero-order valence-electron chi connectivity index (χ0n) is 9.71. The average molecular weight is 249 g/mol. The Bertz CT molecular complexity index is 532. The highest BCUT2D eigenvalue weighted by Gasteiger charge is 2.23. The number of nitrogens with zero attached hydrogens (tertiary/aromatic N) is 4.